The maximum Gasteiger partial charge on any atom is 0.264 e. The summed E-state index contributed by atoms with van der Waals surface area (Å²) >= 11 is 0. The molecule has 0 spiro atoms. The highest BCUT2D eigenvalue weighted by molar-refractivity contribution is 7.92. The number of sulfonamides is 1. The normalized spacial score (nSPS) is 12.2. The van der Waals surface area contributed by atoms with E-state index in [9.17, 15) is 18.0 Å². The minimum Gasteiger partial charge on any atom is -0.494 e. The molecule has 0 heterocycles. The van der Waals surface area contributed by atoms with Gasteiger partial charge in [-0.25, -0.2) is 8.42 Å². The van der Waals surface area contributed by atoms with Crippen molar-refractivity contribution in [2.24, 2.45) is 0 Å². The number of carbonyl (C=O) groups excluding carboxylic acids is 2. The summed E-state index contributed by atoms with van der Waals surface area (Å²) in [7, 11) is -4.19. The second-order valence-electron chi connectivity index (χ2n) is 12.2. The summed E-state index contributed by atoms with van der Waals surface area (Å²) in [6.07, 6.45) is 0.245. The smallest absolute Gasteiger partial charge is 0.264 e. The molecule has 0 aromatic heterocycles. The molecule has 46 heavy (non-hydrogen) atoms. The number of aryl methyl sites for hydroxylation is 1. The summed E-state index contributed by atoms with van der Waals surface area (Å²) in [6, 6.07) is 31.1. The molecule has 4 rings (SSSR count). The maximum atomic E-state index is 14.5. The number of hydrogen-bond acceptors (Lipinski definition) is 5. The number of benzene rings is 4. The van der Waals surface area contributed by atoms with Gasteiger partial charge in [0.2, 0.25) is 11.8 Å². The molecule has 0 bridgehead atoms. The molecule has 0 fully saturated rings. The predicted molar refractivity (Wildman–Crippen MR) is 182 cm³/mol. The SMILES string of the molecule is CCOc1ccc(N(CC(=O)N(Cc2ccccc2)C(Cc2ccccc2)C(=O)NC(C)(C)C)S(=O)(=O)c2ccc(C)cc2)cc1. The largest absolute Gasteiger partial charge is 0.494 e. The molecule has 0 aliphatic carbocycles. The summed E-state index contributed by atoms with van der Waals surface area (Å²) < 4.78 is 35.1. The zero-order chi connectivity index (χ0) is 33.3. The number of ether oxygens (including phenoxy) is 1. The van der Waals surface area contributed by atoms with Crippen LogP contribution in [0, 0.1) is 6.92 Å². The van der Waals surface area contributed by atoms with E-state index in [0.717, 1.165) is 21.0 Å². The summed E-state index contributed by atoms with van der Waals surface area (Å²) in [4.78, 5) is 30.1. The van der Waals surface area contributed by atoms with Gasteiger partial charge in [0.05, 0.1) is 17.2 Å². The van der Waals surface area contributed by atoms with Gasteiger partial charge in [0, 0.05) is 18.5 Å². The van der Waals surface area contributed by atoms with Crippen LogP contribution in [0.25, 0.3) is 0 Å². The van der Waals surface area contributed by atoms with Crippen molar-refractivity contribution < 1.29 is 22.7 Å². The Morgan fingerprint density at radius 2 is 1.37 bits per heavy atom. The number of nitrogens with zero attached hydrogens (tertiary/aromatic N) is 2. The third-order valence-electron chi connectivity index (χ3n) is 7.29. The molecule has 0 aliphatic rings. The highest BCUT2D eigenvalue weighted by Crippen LogP contribution is 2.27. The molecule has 4 aromatic carbocycles. The number of hydrogen-bond donors (Lipinski definition) is 1. The topological polar surface area (TPSA) is 96.0 Å². The van der Waals surface area contributed by atoms with Gasteiger partial charge in [-0.3, -0.25) is 13.9 Å². The van der Waals surface area contributed by atoms with Crippen LogP contribution in [0.5, 0.6) is 5.75 Å². The van der Waals surface area contributed by atoms with E-state index in [2.05, 4.69) is 5.32 Å². The lowest BCUT2D eigenvalue weighted by Crippen LogP contribution is -2.56. The highest BCUT2D eigenvalue weighted by atomic mass is 32.2. The van der Waals surface area contributed by atoms with Crippen LogP contribution in [0.4, 0.5) is 5.69 Å². The zero-order valence-electron chi connectivity index (χ0n) is 27.1. The van der Waals surface area contributed by atoms with Crippen molar-refractivity contribution in [3.63, 3.8) is 0 Å². The number of anilines is 1. The molecule has 1 unspecified atom stereocenters. The molecule has 1 atom stereocenters. The second kappa shape index (κ2) is 15.1. The fourth-order valence-corrected chi connectivity index (χ4v) is 6.44. The fraction of sp³-hybridized carbons (Fsp3) is 0.297. The first-order valence-electron chi connectivity index (χ1n) is 15.4. The maximum absolute atomic E-state index is 14.5. The zero-order valence-corrected chi connectivity index (χ0v) is 28.0. The van der Waals surface area contributed by atoms with Gasteiger partial charge >= 0.3 is 0 Å². The molecule has 0 saturated carbocycles. The van der Waals surface area contributed by atoms with E-state index in [4.69, 9.17) is 4.74 Å². The van der Waals surface area contributed by atoms with E-state index < -0.39 is 34.1 Å². The van der Waals surface area contributed by atoms with E-state index in [-0.39, 0.29) is 23.8 Å². The van der Waals surface area contributed by atoms with Crippen LogP contribution in [0.15, 0.2) is 114 Å². The standard InChI is InChI=1S/C37H43N3O5S/c1-6-45-32-21-19-31(20-22-32)40(46(43,44)33-23-17-28(2)18-24-33)27-35(41)39(26-30-15-11-8-12-16-30)34(36(42)38-37(3,4)5)25-29-13-9-7-10-14-29/h7-24,34H,6,25-27H2,1-5H3,(H,38,42). The van der Waals surface area contributed by atoms with Crippen molar-refractivity contribution in [2.75, 3.05) is 17.5 Å². The molecule has 9 heteroatoms. The van der Waals surface area contributed by atoms with E-state index in [0.29, 0.717) is 18.0 Å². The van der Waals surface area contributed by atoms with Crippen molar-refractivity contribution in [1.29, 1.82) is 0 Å². The Morgan fingerprint density at radius 3 is 1.91 bits per heavy atom. The monoisotopic (exact) mass is 641 g/mol. The van der Waals surface area contributed by atoms with Gasteiger partial charge in [-0.2, -0.15) is 0 Å². The number of rotatable bonds is 13. The van der Waals surface area contributed by atoms with E-state index in [1.54, 1.807) is 36.4 Å². The number of nitrogens with one attached hydrogen (secondary N) is 1. The molecule has 1 N–H and O–H groups in total. The molecule has 0 saturated heterocycles. The third kappa shape index (κ3) is 9.20. The fourth-order valence-electron chi connectivity index (χ4n) is 5.03. The molecule has 2 amide bonds. The first-order valence-corrected chi connectivity index (χ1v) is 16.8. The van der Waals surface area contributed by atoms with Gasteiger partial charge in [-0.1, -0.05) is 78.4 Å². The van der Waals surface area contributed by atoms with E-state index >= 15 is 0 Å². The molecular weight excluding hydrogens is 598 g/mol. The van der Waals surface area contributed by atoms with Crippen molar-refractivity contribution in [1.82, 2.24) is 10.2 Å². The Bertz CT molecular complexity index is 1690. The minimum absolute atomic E-state index is 0.0562. The van der Waals surface area contributed by atoms with Gasteiger partial charge < -0.3 is 15.0 Å². The van der Waals surface area contributed by atoms with Gasteiger partial charge in [0.25, 0.3) is 10.0 Å². The van der Waals surface area contributed by atoms with Crippen molar-refractivity contribution in [3.05, 3.63) is 126 Å². The van der Waals surface area contributed by atoms with Gasteiger partial charge in [0.1, 0.15) is 18.3 Å². The van der Waals surface area contributed by atoms with Gasteiger partial charge in [-0.15, -0.1) is 0 Å². The molecule has 242 valence electrons. The van der Waals surface area contributed by atoms with Crippen LogP contribution < -0.4 is 14.4 Å². The molecule has 0 aliphatic heterocycles. The van der Waals surface area contributed by atoms with Crippen LogP contribution in [0.3, 0.4) is 0 Å². The van der Waals surface area contributed by atoms with Crippen LogP contribution in [-0.4, -0.2) is 49.9 Å². The molecule has 8 nitrogen and oxygen atoms in total. The van der Waals surface area contributed by atoms with Crippen LogP contribution >= 0.6 is 0 Å². The van der Waals surface area contributed by atoms with Gasteiger partial charge in [-0.05, 0) is 82.1 Å². The first-order chi connectivity index (χ1) is 21.9. The quantitative estimate of drug-likeness (QED) is 0.189. The Hall–Kier alpha value is -4.63. The summed E-state index contributed by atoms with van der Waals surface area (Å²) in [6.45, 7) is 9.43. The average Bonchev–Trinajstić information content (AvgIpc) is 3.02. The van der Waals surface area contributed by atoms with Crippen LogP contribution in [0.2, 0.25) is 0 Å². The highest BCUT2D eigenvalue weighted by Gasteiger charge is 2.35. The summed E-state index contributed by atoms with van der Waals surface area (Å²) in [5.41, 5.74) is 2.34. The number of amides is 2. The van der Waals surface area contributed by atoms with Gasteiger partial charge in [0.15, 0.2) is 0 Å². The Labute approximate surface area is 273 Å². The van der Waals surface area contributed by atoms with Crippen molar-refractivity contribution in [3.8, 4) is 5.75 Å². The van der Waals surface area contributed by atoms with Crippen LogP contribution in [-0.2, 0) is 32.6 Å². The Balaban J connectivity index is 1.80. The second-order valence-corrected chi connectivity index (χ2v) is 14.1. The lowest BCUT2D eigenvalue weighted by atomic mass is 10.0. The summed E-state index contributed by atoms with van der Waals surface area (Å²) in [5, 5.41) is 3.05. The number of carbonyl (C=O) groups is 2. The van der Waals surface area contributed by atoms with E-state index in [1.807, 2.05) is 95.3 Å². The Morgan fingerprint density at radius 1 is 0.804 bits per heavy atom. The molecule has 0 radical (unpaired) electrons. The van der Waals surface area contributed by atoms with Crippen molar-refractivity contribution in [2.45, 2.75) is 64.1 Å². The third-order valence-corrected chi connectivity index (χ3v) is 9.08. The first kappa shape index (κ1) is 34.2. The summed E-state index contributed by atoms with van der Waals surface area (Å²) in [5.74, 6) is -0.259. The Kier molecular flexibility index (Phi) is 11.2. The minimum atomic E-state index is -4.19. The van der Waals surface area contributed by atoms with E-state index in [1.165, 1.54) is 17.0 Å². The lowest BCUT2D eigenvalue weighted by Gasteiger charge is -2.35. The van der Waals surface area contributed by atoms with Crippen molar-refractivity contribution >= 4 is 27.5 Å². The molecule has 4 aromatic rings. The average molecular weight is 642 g/mol. The van der Waals surface area contributed by atoms with Crippen LogP contribution in [0.1, 0.15) is 44.4 Å². The predicted octanol–water partition coefficient (Wildman–Crippen LogP) is 6.14. The molecular formula is C37H43N3O5S. The lowest BCUT2D eigenvalue weighted by molar-refractivity contribution is -0.140.